The maximum Gasteiger partial charge on any atom is 0.164 e. The Hall–Kier alpha value is -8.31. The quantitative estimate of drug-likeness (QED) is 0.153. The second-order valence-electron chi connectivity index (χ2n) is 15.9. The van der Waals surface area contributed by atoms with Crippen LogP contribution in [0.3, 0.4) is 0 Å². The van der Waals surface area contributed by atoms with Gasteiger partial charge in [-0.3, -0.25) is 0 Å². The summed E-state index contributed by atoms with van der Waals surface area (Å²) >= 11 is 1.09. The molecule has 12 aromatic rings. The lowest BCUT2D eigenvalue weighted by molar-refractivity contribution is 1.07. The van der Waals surface area contributed by atoms with E-state index in [0.29, 0.717) is 37.7 Å². The van der Waals surface area contributed by atoms with Crippen molar-refractivity contribution in [2.24, 2.45) is 0 Å². The average Bonchev–Trinajstić information content (AvgIpc) is 3.85. The van der Waals surface area contributed by atoms with Gasteiger partial charge < -0.3 is 0 Å². The lowest BCUT2D eigenvalue weighted by Gasteiger charge is -2.12. The van der Waals surface area contributed by atoms with E-state index in [9.17, 15) is 8.22 Å². The highest BCUT2D eigenvalue weighted by atomic mass is 32.1. The van der Waals surface area contributed by atoms with Crippen molar-refractivity contribution in [2.45, 2.75) is 0 Å². The van der Waals surface area contributed by atoms with Gasteiger partial charge in [-0.1, -0.05) is 200 Å². The molecule has 304 valence electrons. The van der Waals surface area contributed by atoms with Crippen LogP contribution in [0.15, 0.2) is 236 Å². The zero-order chi connectivity index (χ0) is 48.3. The van der Waals surface area contributed by atoms with Gasteiger partial charge in [0.25, 0.3) is 0 Å². The first-order valence-corrected chi connectivity index (χ1v) is 22.2. The highest BCUT2D eigenvalue weighted by Gasteiger charge is 2.16. The summed E-state index contributed by atoms with van der Waals surface area (Å²) in [6.07, 6.45) is 0. The molecule has 65 heavy (non-hydrogen) atoms. The van der Waals surface area contributed by atoms with Crippen LogP contribution in [0.4, 0.5) is 0 Å². The number of benzene rings is 10. The van der Waals surface area contributed by atoms with Gasteiger partial charge in [-0.15, -0.1) is 11.3 Å². The molecule has 0 fully saturated rings. The molecule has 0 aliphatic rings. The van der Waals surface area contributed by atoms with E-state index in [2.05, 4.69) is 48.5 Å². The van der Waals surface area contributed by atoms with Crippen LogP contribution in [-0.4, -0.2) is 15.0 Å². The number of nitrogens with zero attached hydrogens (tertiary/aromatic N) is 3. The van der Waals surface area contributed by atoms with Gasteiger partial charge in [-0.25, -0.2) is 15.0 Å². The Morgan fingerprint density at radius 3 is 1.37 bits per heavy atom. The lowest BCUT2D eigenvalue weighted by Crippen LogP contribution is -2.00. The van der Waals surface area contributed by atoms with Gasteiger partial charge in [-0.2, -0.15) is 0 Å². The summed E-state index contributed by atoms with van der Waals surface area (Å²) in [5.41, 5.74) is 10.2. The molecule has 0 atom stereocenters. The molecule has 0 N–H and O–H groups in total. The molecule has 0 amide bonds. The fourth-order valence-electron chi connectivity index (χ4n) is 8.48. The summed E-state index contributed by atoms with van der Waals surface area (Å²) < 4.78 is 58.3. The van der Waals surface area contributed by atoms with E-state index in [1.54, 1.807) is 0 Å². The Labute approximate surface area is 390 Å². The van der Waals surface area contributed by atoms with E-state index in [0.717, 1.165) is 66.6 Å². The highest BCUT2D eigenvalue weighted by molar-refractivity contribution is 7.25. The Kier molecular flexibility index (Phi) is 8.18. The summed E-state index contributed by atoms with van der Waals surface area (Å²) in [7, 11) is 0. The second-order valence-corrected chi connectivity index (χ2v) is 16.9. The summed E-state index contributed by atoms with van der Waals surface area (Å²) in [6.45, 7) is 0. The first kappa shape index (κ1) is 32.4. The number of thiophene rings is 1. The van der Waals surface area contributed by atoms with Gasteiger partial charge >= 0.3 is 0 Å². The monoisotopic (exact) mass is 851 g/mol. The van der Waals surface area contributed by atoms with Gasteiger partial charge in [0.15, 0.2) is 17.5 Å². The topological polar surface area (TPSA) is 38.7 Å². The molecule has 0 saturated heterocycles. The normalized spacial score (nSPS) is 12.7. The Morgan fingerprint density at radius 2 is 0.754 bits per heavy atom. The van der Waals surface area contributed by atoms with Crippen molar-refractivity contribution in [3.8, 4) is 89.8 Å². The van der Waals surface area contributed by atoms with Crippen molar-refractivity contribution in [3.63, 3.8) is 0 Å². The third kappa shape index (κ3) is 7.46. The van der Waals surface area contributed by atoms with E-state index in [-0.39, 0.29) is 64.0 Å². The summed E-state index contributed by atoms with van der Waals surface area (Å²) in [5, 5.41) is 2.78. The zero-order valence-electron chi connectivity index (χ0n) is 40.8. The van der Waals surface area contributed by atoms with Crippen molar-refractivity contribution < 1.29 is 8.22 Å². The van der Waals surface area contributed by atoms with Gasteiger partial charge in [-0.05, 0) is 103 Å². The molecule has 0 saturated carbocycles. The zero-order valence-corrected chi connectivity index (χ0v) is 35.6. The third-order valence-electron chi connectivity index (χ3n) is 11.8. The number of aromatic nitrogens is 3. The highest BCUT2D eigenvalue weighted by Crippen LogP contribution is 2.40. The molecule has 3 nitrogen and oxygen atoms in total. The van der Waals surface area contributed by atoms with Gasteiger partial charge in [0.2, 0.25) is 0 Å². The second kappa shape index (κ2) is 16.4. The molecular formula is C61H39N3S. The minimum absolute atomic E-state index is 0.0350. The molecule has 0 aliphatic carbocycles. The van der Waals surface area contributed by atoms with Crippen molar-refractivity contribution in [3.05, 3.63) is 236 Å². The molecule has 0 bridgehead atoms. The van der Waals surface area contributed by atoms with Crippen LogP contribution in [0, 0.1) is 0 Å². The number of hydrogen-bond acceptors (Lipinski definition) is 4. The Balaban J connectivity index is 1.03. The summed E-state index contributed by atoms with van der Waals surface area (Å²) in [6, 6.07) is 65.5. The number of hydrogen-bond donors (Lipinski definition) is 0. The van der Waals surface area contributed by atoms with E-state index in [1.807, 2.05) is 152 Å². The Morgan fingerprint density at radius 1 is 0.292 bits per heavy atom. The molecule has 0 radical (unpaired) electrons. The van der Waals surface area contributed by atoms with E-state index < -0.39 is 0 Å². The van der Waals surface area contributed by atoms with E-state index in [1.165, 1.54) is 0 Å². The minimum atomic E-state index is -0.282. The average molecular weight is 852 g/mol. The molecule has 4 heteroatoms. The SMILES string of the molecule is [2H]c1c(-c2cc(-c3ccccc3)cc(-c3ccccc3)c2)c([2H])c2c(sc3c([2H])c(-c4nc(-c5ccc(-c6ccccc6)cc5)nc(-c5ccc(-c6cccc7ccccc67)cc5)n4)c([2H])c([2H])c32)c1[2H]. The summed E-state index contributed by atoms with van der Waals surface area (Å²) in [4.78, 5) is 14.9. The molecule has 10 aromatic carbocycles. The molecular weight excluding hydrogens is 807 g/mol. The molecule has 12 rings (SSSR count). The smallest absolute Gasteiger partial charge is 0.164 e. The van der Waals surface area contributed by atoms with E-state index >= 15 is 0 Å². The molecule has 0 spiro atoms. The maximum absolute atomic E-state index is 9.81. The maximum atomic E-state index is 9.81. The lowest BCUT2D eigenvalue weighted by atomic mass is 9.93. The Bertz CT molecular complexity index is 3970. The van der Waals surface area contributed by atoms with Crippen LogP contribution in [0.25, 0.3) is 121 Å². The molecule has 0 aliphatic heterocycles. The van der Waals surface area contributed by atoms with Gasteiger partial charge in [0.1, 0.15) is 0 Å². The fourth-order valence-corrected chi connectivity index (χ4v) is 9.45. The standard InChI is InChI=1S/C61H39N3S/c1-4-13-40(14-5-1)43-23-27-46(28-24-43)59-62-60(47-29-25-45(26-30-47)54-22-12-20-44-19-10-11-21-53(44)54)64-61(63-59)49-31-33-55-56-38-48(32-34-57(56)65-58(55)39-49)52-36-50(41-15-6-2-7-16-41)35-51(37-52)42-17-8-3-9-18-42/h1-39H/i31D,32D,33D,34D,38D,39D. The molecule has 2 aromatic heterocycles. The van der Waals surface area contributed by atoms with Gasteiger partial charge in [0.05, 0.1) is 8.22 Å². The fraction of sp³-hybridized carbons (Fsp3) is 0. The number of rotatable bonds is 8. The first-order valence-electron chi connectivity index (χ1n) is 24.4. The largest absolute Gasteiger partial charge is 0.208 e. The van der Waals surface area contributed by atoms with Crippen molar-refractivity contribution in [2.75, 3.05) is 0 Å². The van der Waals surface area contributed by atoms with Crippen molar-refractivity contribution in [1.82, 2.24) is 15.0 Å². The minimum Gasteiger partial charge on any atom is -0.208 e. The van der Waals surface area contributed by atoms with Crippen molar-refractivity contribution in [1.29, 1.82) is 0 Å². The van der Waals surface area contributed by atoms with E-state index in [4.69, 9.17) is 15.0 Å². The number of fused-ring (bicyclic) bond motifs is 4. The van der Waals surface area contributed by atoms with Crippen LogP contribution in [0.5, 0.6) is 0 Å². The van der Waals surface area contributed by atoms with Crippen LogP contribution < -0.4 is 0 Å². The van der Waals surface area contributed by atoms with Crippen molar-refractivity contribution >= 4 is 42.3 Å². The molecule has 2 heterocycles. The van der Waals surface area contributed by atoms with Crippen LogP contribution in [0.2, 0.25) is 0 Å². The van der Waals surface area contributed by atoms with Crippen LogP contribution in [0.1, 0.15) is 8.22 Å². The predicted molar refractivity (Wildman–Crippen MR) is 274 cm³/mol. The van der Waals surface area contributed by atoms with Crippen LogP contribution in [-0.2, 0) is 0 Å². The first-order chi connectivity index (χ1) is 34.7. The van der Waals surface area contributed by atoms with Crippen LogP contribution >= 0.6 is 11.3 Å². The molecule has 0 unspecified atom stereocenters. The van der Waals surface area contributed by atoms with Gasteiger partial charge in [0, 0.05) is 36.9 Å². The summed E-state index contributed by atoms with van der Waals surface area (Å²) in [5.74, 6) is 0.729. The third-order valence-corrected chi connectivity index (χ3v) is 12.8. The predicted octanol–water partition coefficient (Wildman–Crippen LogP) is 16.7.